The Bertz CT molecular complexity index is 400. The third-order valence-corrected chi connectivity index (χ3v) is 4.96. The first kappa shape index (κ1) is 13.8. The van der Waals surface area contributed by atoms with E-state index in [0.717, 1.165) is 10.8 Å². The highest BCUT2D eigenvalue weighted by Gasteiger charge is 2.20. The summed E-state index contributed by atoms with van der Waals surface area (Å²) in [5.41, 5.74) is 1.07. The first-order valence-electron chi connectivity index (χ1n) is 6.97. The molecule has 1 nitrogen and oxygen atoms in total. The van der Waals surface area contributed by atoms with Crippen LogP contribution in [0.3, 0.4) is 0 Å². The summed E-state index contributed by atoms with van der Waals surface area (Å²) in [4.78, 5) is 1.31. The molecule has 1 saturated carbocycles. The van der Waals surface area contributed by atoms with E-state index in [2.05, 4.69) is 32.9 Å². The van der Waals surface area contributed by atoms with Crippen LogP contribution in [0.4, 0.5) is 0 Å². The molecule has 18 heavy (non-hydrogen) atoms. The van der Waals surface area contributed by atoms with Gasteiger partial charge in [-0.15, -0.1) is 11.8 Å². The molecule has 1 aliphatic rings. The van der Waals surface area contributed by atoms with Crippen molar-refractivity contribution < 1.29 is 5.11 Å². The Kier molecular flexibility index (Phi) is 4.26. The van der Waals surface area contributed by atoms with E-state index in [4.69, 9.17) is 0 Å². The SMILES string of the molecule is CC(C)(C)c1cc(SC2CCCCC2)ccc1O. The second-order valence-corrected chi connectivity index (χ2v) is 7.68. The molecule has 0 aromatic heterocycles. The monoisotopic (exact) mass is 264 g/mol. The maximum Gasteiger partial charge on any atom is 0.119 e. The summed E-state index contributed by atoms with van der Waals surface area (Å²) in [5, 5.41) is 10.7. The fourth-order valence-electron chi connectivity index (χ4n) is 2.56. The van der Waals surface area contributed by atoms with Gasteiger partial charge in [-0.25, -0.2) is 0 Å². The Balaban J connectivity index is 2.14. The maximum atomic E-state index is 9.97. The van der Waals surface area contributed by atoms with Crippen LogP contribution in [0.1, 0.15) is 58.4 Å². The van der Waals surface area contributed by atoms with E-state index in [1.54, 1.807) is 0 Å². The maximum absolute atomic E-state index is 9.97. The predicted octanol–water partition coefficient (Wildman–Crippen LogP) is 5.11. The van der Waals surface area contributed by atoms with Gasteiger partial charge < -0.3 is 5.11 Å². The lowest BCUT2D eigenvalue weighted by molar-refractivity contribution is 0.446. The zero-order valence-corrected chi connectivity index (χ0v) is 12.5. The van der Waals surface area contributed by atoms with Crippen LogP contribution < -0.4 is 0 Å². The molecule has 1 N–H and O–H groups in total. The van der Waals surface area contributed by atoms with Gasteiger partial charge in [0.05, 0.1) is 0 Å². The van der Waals surface area contributed by atoms with Gasteiger partial charge in [0.25, 0.3) is 0 Å². The number of thioether (sulfide) groups is 1. The first-order valence-corrected chi connectivity index (χ1v) is 7.85. The smallest absolute Gasteiger partial charge is 0.119 e. The summed E-state index contributed by atoms with van der Waals surface area (Å²) in [6.45, 7) is 6.45. The molecule has 0 aliphatic heterocycles. The van der Waals surface area contributed by atoms with E-state index < -0.39 is 0 Å². The van der Waals surface area contributed by atoms with Gasteiger partial charge in [-0.3, -0.25) is 0 Å². The standard InChI is InChI=1S/C16H24OS/c1-16(2,3)14-11-13(9-10-15(14)17)18-12-7-5-4-6-8-12/h9-12,17H,4-8H2,1-3H3. The molecule has 0 unspecified atom stereocenters. The zero-order chi connectivity index (χ0) is 13.2. The molecule has 2 rings (SSSR count). The van der Waals surface area contributed by atoms with Crippen LogP contribution in [-0.2, 0) is 5.41 Å². The number of benzene rings is 1. The Labute approximate surface area is 115 Å². The van der Waals surface area contributed by atoms with Gasteiger partial charge in [0.1, 0.15) is 5.75 Å². The second-order valence-electron chi connectivity index (χ2n) is 6.31. The number of phenols is 1. The molecule has 1 fully saturated rings. The van der Waals surface area contributed by atoms with Gasteiger partial charge in [0.15, 0.2) is 0 Å². The van der Waals surface area contributed by atoms with Crippen LogP contribution >= 0.6 is 11.8 Å². The zero-order valence-electron chi connectivity index (χ0n) is 11.7. The quantitative estimate of drug-likeness (QED) is 0.800. The highest BCUT2D eigenvalue weighted by atomic mass is 32.2. The summed E-state index contributed by atoms with van der Waals surface area (Å²) in [6.07, 6.45) is 6.84. The van der Waals surface area contributed by atoms with Crippen molar-refractivity contribution in [2.24, 2.45) is 0 Å². The van der Waals surface area contributed by atoms with Crippen molar-refractivity contribution in [1.82, 2.24) is 0 Å². The molecule has 1 aliphatic carbocycles. The van der Waals surface area contributed by atoms with E-state index in [-0.39, 0.29) is 5.41 Å². The van der Waals surface area contributed by atoms with E-state index in [1.807, 2.05) is 17.8 Å². The molecule has 0 spiro atoms. The van der Waals surface area contributed by atoms with Crippen LogP contribution in [0.2, 0.25) is 0 Å². The molecule has 0 heterocycles. The van der Waals surface area contributed by atoms with Crippen molar-refractivity contribution in [3.05, 3.63) is 23.8 Å². The van der Waals surface area contributed by atoms with Gasteiger partial charge in [-0.2, -0.15) is 0 Å². The molecular weight excluding hydrogens is 240 g/mol. The van der Waals surface area contributed by atoms with Crippen LogP contribution in [0.5, 0.6) is 5.75 Å². The lowest BCUT2D eigenvalue weighted by atomic mass is 9.86. The van der Waals surface area contributed by atoms with E-state index >= 15 is 0 Å². The normalized spacial score (nSPS) is 17.9. The molecule has 0 bridgehead atoms. The lowest BCUT2D eigenvalue weighted by Gasteiger charge is -2.24. The van der Waals surface area contributed by atoms with Gasteiger partial charge >= 0.3 is 0 Å². The Morgan fingerprint density at radius 2 is 1.78 bits per heavy atom. The molecule has 0 radical (unpaired) electrons. The van der Waals surface area contributed by atoms with Crippen molar-refractivity contribution in [1.29, 1.82) is 0 Å². The van der Waals surface area contributed by atoms with E-state index in [9.17, 15) is 5.11 Å². The number of aromatic hydroxyl groups is 1. The highest BCUT2D eigenvalue weighted by Crippen LogP contribution is 2.38. The number of hydrogen-bond acceptors (Lipinski definition) is 2. The minimum absolute atomic E-state index is 0.00716. The molecule has 100 valence electrons. The molecule has 2 heteroatoms. The minimum Gasteiger partial charge on any atom is -0.508 e. The number of rotatable bonds is 2. The molecule has 1 aromatic rings. The topological polar surface area (TPSA) is 20.2 Å². The van der Waals surface area contributed by atoms with Gasteiger partial charge in [-0.05, 0) is 36.5 Å². The van der Waals surface area contributed by atoms with Crippen LogP contribution in [-0.4, -0.2) is 10.4 Å². The summed E-state index contributed by atoms with van der Waals surface area (Å²) in [5.74, 6) is 0.426. The molecule has 1 aromatic carbocycles. The first-order chi connectivity index (χ1) is 8.47. The van der Waals surface area contributed by atoms with Crippen molar-refractivity contribution in [3.8, 4) is 5.75 Å². The van der Waals surface area contributed by atoms with Crippen molar-refractivity contribution in [3.63, 3.8) is 0 Å². The third-order valence-electron chi connectivity index (χ3n) is 3.63. The third kappa shape index (κ3) is 3.44. The lowest BCUT2D eigenvalue weighted by Crippen LogP contribution is -2.12. The Morgan fingerprint density at radius 3 is 2.39 bits per heavy atom. The molecule has 0 saturated heterocycles. The molecular formula is C16H24OS. The highest BCUT2D eigenvalue weighted by molar-refractivity contribution is 8.00. The summed E-state index contributed by atoms with van der Waals surface area (Å²) in [7, 11) is 0. The summed E-state index contributed by atoms with van der Waals surface area (Å²) < 4.78 is 0. The van der Waals surface area contributed by atoms with Crippen molar-refractivity contribution in [2.75, 3.05) is 0 Å². The second kappa shape index (κ2) is 5.56. The largest absolute Gasteiger partial charge is 0.508 e. The molecule has 0 atom stereocenters. The summed E-state index contributed by atoms with van der Waals surface area (Å²) >= 11 is 1.99. The average molecular weight is 264 g/mol. The summed E-state index contributed by atoms with van der Waals surface area (Å²) in [6, 6.07) is 6.09. The Hall–Kier alpha value is -0.630. The van der Waals surface area contributed by atoms with Crippen molar-refractivity contribution in [2.45, 2.75) is 68.4 Å². The fourth-order valence-corrected chi connectivity index (χ4v) is 3.85. The minimum atomic E-state index is 0.00716. The number of hydrogen-bond donors (Lipinski definition) is 1. The van der Waals surface area contributed by atoms with Gasteiger partial charge in [0.2, 0.25) is 0 Å². The van der Waals surface area contributed by atoms with Gasteiger partial charge in [0, 0.05) is 15.7 Å². The number of phenolic OH excluding ortho intramolecular Hbond substituents is 1. The predicted molar refractivity (Wildman–Crippen MR) is 79.5 cm³/mol. The van der Waals surface area contributed by atoms with Crippen LogP contribution in [0.25, 0.3) is 0 Å². The molecule has 0 amide bonds. The van der Waals surface area contributed by atoms with Crippen molar-refractivity contribution >= 4 is 11.8 Å². The van der Waals surface area contributed by atoms with Crippen LogP contribution in [0, 0.1) is 0 Å². The van der Waals surface area contributed by atoms with E-state index in [1.165, 1.54) is 37.0 Å². The average Bonchev–Trinajstić information content (AvgIpc) is 2.31. The fraction of sp³-hybridized carbons (Fsp3) is 0.625. The Morgan fingerprint density at radius 1 is 1.11 bits per heavy atom. The van der Waals surface area contributed by atoms with Crippen LogP contribution in [0.15, 0.2) is 23.1 Å². The van der Waals surface area contributed by atoms with E-state index in [0.29, 0.717) is 5.75 Å². The van der Waals surface area contributed by atoms with Gasteiger partial charge in [-0.1, -0.05) is 40.0 Å².